The molecule has 3 rings (SSSR count). The van der Waals surface area contributed by atoms with Gasteiger partial charge >= 0.3 is 0 Å². The van der Waals surface area contributed by atoms with Gasteiger partial charge in [0.05, 0.1) is 6.54 Å². The number of hydrogen-bond acceptors (Lipinski definition) is 6. The largest absolute Gasteiger partial charge is 0.312 e. The van der Waals surface area contributed by atoms with Gasteiger partial charge in [0, 0.05) is 30.7 Å². The third-order valence-corrected chi connectivity index (χ3v) is 4.16. The SMILES string of the molecule is c1cc(CCSc2nnnn2CCNC2CC2)ccn1. The zero-order valence-corrected chi connectivity index (χ0v) is 12.1. The number of aryl methyl sites for hydroxylation is 1. The maximum Gasteiger partial charge on any atom is 0.209 e. The maximum absolute atomic E-state index is 4.09. The zero-order chi connectivity index (χ0) is 13.6. The van der Waals surface area contributed by atoms with Crippen molar-refractivity contribution in [2.75, 3.05) is 12.3 Å². The van der Waals surface area contributed by atoms with Crippen LogP contribution in [0, 0.1) is 0 Å². The molecule has 1 fully saturated rings. The molecule has 20 heavy (non-hydrogen) atoms. The predicted molar refractivity (Wildman–Crippen MR) is 77.5 cm³/mol. The van der Waals surface area contributed by atoms with Gasteiger partial charge in [-0.3, -0.25) is 4.98 Å². The van der Waals surface area contributed by atoms with E-state index in [4.69, 9.17) is 0 Å². The van der Waals surface area contributed by atoms with Gasteiger partial charge in [-0.25, -0.2) is 4.68 Å². The van der Waals surface area contributed by atoms with Crippen LogP contribution in [0.1, 0.15) is 18.4 Å². The minimum atomic E-state index is 0.731. The Kier molecular flexibility index (Phi) is 4.60. The first-order valence-electron chi connectivity index (χ1n) is 6.93. The fourth-order valence-corrected chi connectivity index (χ4v) is 2.80. The summed E-state index contributed by atoms with van der Waals surface area (Å²) in [7, 11) is 0. The summed E-state index contributed by atoms with van der Waals surface area (Å²) < 4.78 is 1.88. The molecule has 2 aromatic rings. The van der Waals surface area contributed by atoms with Crippen LogP contribution >= 0.6 is 11.8 Å². The van der Waals surface area contributed by atoms with Crippen molar-refractivity contribution in [3.05, 3.63) is 30.1 Å². The Balaban J connectivity index is 1.43. The first kappa shape index (κ1) is 13.5. The summed E-state index contributed by atoms with van der Waals surface area (Å²) in [5.74, 6) is 0.973. The van der Waals surface area contributed by atoms with Crippen molar-refractivity contribution in [2.45, 2.75) is 37.0 Å². The van der Waals surface area contributed by atoms with E-state index >= 15 is 0 Å². The number of tetrazole rings is 1. The van der Waals surface area contributed by atoms with Crippen molar-refractivity contribution in [3.8, 4) is 0 Å². The fraction of sp³-hybridized carbons (Fsp3) is 0.538. The second-order valence-corrected chi connectivity index (χ2v) is 5.93. The van der Waals surface area contributed by atoms with Crippen LogP contribution in [0.15, 0.2) is 29.7 Å². The molecule has 1 aliphatic carbocycles. The van der Waals surface area contributed by atoms with E-state index in [1.165, 1.54) is 18.4 Å². The van der Waals surface area contributed by atoms with E-state index in [0.717, 1.165) is 36.5 Å². The second kappa shape index (κ2) is 6.81. The molecule has 0 bridgehead atoms. The zero-order valence-electron chi connectivity index (χ0n) is 11.3. The van der Waals surface area contributed by atoms with Crippen LogP contribution in [0.4, 0.5) is 0 Å². The van der Waals surface area contributed by atoms with Gasteiger partial charge in [0.2, 0.25) is 5.16 Å². The van der Waals surface area contributed by atoms with Crippen molar-refractivity contribution in [1.82, 2.24) is 30.5 Å². The summed E-state index contributed by atoms with van der Waals surface area (Å²) >= 11 is 1.70. The molecule has 0 unspecified atom stereocenters. The molecule has 1 N–H and O–H groups in total. The molecule has 0 aliphatic heterocycles. The molecule has 7 heteroatoms. The molecule has 0 spiro atoms. The number of pyridine rings is 1. The van der Waals surface area contributed by atoms with E-state index in [1.807, 2.05) is 29.2 Å². The van der Waals surface area contributed by atoms with E-state index in [0.29, 0.717) is 0 Å². The first-order chi connectivity index (χ1) is 9.92. The highest BCUT2D eigenvalue weighted by molar-refractivity contribution is 7.99. The van der Waals surface area contributed by atoms with Crippen LogP contribution in [0.2, 0.25) is 0 Å². The van der Waals surface area contributed by atoms with Crippen LogP contribution < -0.4 is 5.32 Å². The summed E-state index contributed by atoms with van der Waals surface area (Å²) in [5, 5.41) is 16.3. The minimum Gasteiger partial charge on any atom is -0.312 e. The highest BCUT2D eigenvalue weighted by Crippen LogP contribution is 2.18. The van der Waals surface area contributed by atoms with Gasteiger partial charge in [-0.05, 0) is 47.4 Å². The van der Waals surface area contributed by atoms with Crippen LogP contribution in [0.3, 0.4) is 0 Å². The number of hydrogen-bond donors (Lipinski definition) is 1. The van der Waals surface area contributed by atoms with E-state index in [9.17, 15) is 0 Å². The number of aromatic nitrogens is 5. The lowest BCUT2D eigenvalue weighted by Crippen LogP contribution is -2.22. The molecule has 0 aromatic carbocycles. The topological polar surface area (TPSA) is 68.5 Å². The van der Waals surface area contributed by atoms with E-state index < -0.39 is 0 Å². The molecule has 2 heterocycles. The molecule has 2 aromatic heterocycles. The fourth-order valence-electron chi connectivity index (χ4n) is 1.91. The standard InChI is InChI=1S/C13H18N6S/c1-2-12(1)15-8-9-19-13(16-17-18-19)20-10-5-11-3-6-14-7-4-11/h3-4,6-7,12,15H,1-2,5,8-10H2. The lowest BCUT2D eigenvalue weighted by molar-refractivity contribution is 0.509. The average Bonchev–Trinajstić information content (AvgIpc) is 3.20. The molecule has 0 atom stereocenters. The van der Waals surface area contributed by atoms with Gasteiger partial charge in [0.1, 0.15) is 0 Å². The monoisotopic (exact) mass is 290 g/mol. The number of nitrogens with one attached hydrogen (secondary N) is 1. The number of nitrogens with zero attached hydrogens (tertiary/aromatic N) is 5. The van der Waals surface area contributed by atoms with Gasteiger partial charge in [-0.2, -0.15) is 0 Å². The van der Waals surface area contributed by atoms with Gasteiger partial charge in [-0.15, -0.1) is 5.10 Å². The molecule has 1 aliphatic rings. The van der Waals surface area contributed by atoms with Crippen molar-refractivity contribution in [3.63, 3.8) is 0 Å². The molecule has 0 saturated heterocycles. The van der Waals surface area contributed by atoms with Crippen molar-refractivity contribution in [2.24, 2.45) is 0 Å². The molecule has 106 valence electrons. The van der Waals surface area contributed by atoms with Crippen LogP contribution in [-0.2, 0) is 13.0 Å². The Labute approximate surface area is 122 Å². The Morgan fingerprint density at radius 3 is 2.95 bits per heavy atom. The maximum atomic E-state index is 4.09. The molecule has 6 nitrogen and oxygen atoms in total. The highest BCUT2D eigenvalue weighted by atomic mass is 32.2. The Morgan fingerprint density at radius 1 is 1.30 bits per heavy atom. The van der Waals surface area contributed by atoms with Gasteiger partial charge < -0.3 is 5.32 Å². The second-order valence-electron chi connectivity index (χ2n) is 4.87. The van der Waals surface area contributed by atoms with Crippen LogP contribution in [0.25, 0.3) is 0 Å². The predicted octanol–water partition coefficient (Wildman–Crippen LogP) is 1.15. The molecular formula is C13H18N6S. The lowest BCUT2D eigenvalue weighted by Gasteiger charge is -2.05. The van der Waals surface area contributed by atoms with Crippen LogP contribution in [-0.4, -0.2) is 43.5 Å². The summed E-state index contributed by atoms with van der Waals surface area (Å²) in [5.41, 5.74) is 1.29. The first-order valence-corrected chi connectivity index (χ1v) is 7.91. The smallest absolute Gasteiger partial charge is 0.209 e. The van der Waals surface area contributed by atoms with Gasteiger partial charge in [0.15, 0.2) is 0 Å². The Hall–Kier alpha value is -1.47. The van der Waals surface area contributed by atoms with Crippen molar-refractivity contribution in [1.29, 1.82) is 0 Å². The van der Waals surface area contributed by atoms with Crippen molar-refractivity contribution >= 4 is 11.8 Å². The average molecular weight is 290 g/mol. The molecule has 0 amide bonds. The van der Waals surface area contributed by atoms with Crippen molar-refractivity contribution < 1.29 is 0 Å². The van der Waals surface area contributed by atoms with E-state index in [-0.39, 0.29) is 0 Å². The summed E-state index contributed by atoms with van der Waals surface area (Å²) in [6, 6.07) is 4.82. The summed E-state index contributed by atoms with van der Waals surface area (Å²) in [6.07, 6.45) is 7.27. The third kappa shape index (κ3) is 4.01. The summed E-state index contributed by atoms with van der Waals surface area (Å²) in [6.45, 7) is 1.77. The van der Waals surface area contributed by atoms with E-state index in [2.05, 4.69) is 25.8 Å². The number of rotatable bonds is 8. The molecule has 1 saturated carbocycles. The lowest BCUT2D eigenvalue weighted by atomic mass is 10.2. The number of thioether (sulfide) groups is 1. The molecule has 0 radical (unpaired) electrons. The Morgan fingerprint density at radius 2 is 2.15 bits per heavy atom. The Bertz CT molecular complexity index is 525. The normalized spacial score (nSPS) is 14.6. The quantitative estimate of drug-likeness (QED) is 0.736. The van der Waals surface area contributed by atoms with Gasteiger partial charge in [-0.1, -0.05) is 11.8 Å². The minimum absolute atomic E-state index is 0.731. The highest BCUT2D eigenvalue weighted by Gasteiger charge is 2.20. The molecular weight excluding hydrogens is 272 g/mol. The van der Waals surface area contributed by atoms with E-state index in [1.54, 1.807) is 11.8 Å². The van der Waals surface area contributed by atoms with Gasteiger partial charge in [0.25, 0.3) is 0 Å². The third-order valence-electron chi connectivity index (χ3n) is 3.20. The van der Waals surface area contributed by atoms with Crippen LogP contribution in [0.5, 0.6) is 0 Å². The summed E-state index contributed by atoms with van der Waals surface area (Å²) in [4.78, 5) is 4.02.